The molecule has 2 N–H and O–H groups in total. The fourth-order valence-electron chi connectivity index (χ4n) is 2.73. The number of nitrogens with one attached hydrogen (secondary N) is 2. The Bertz CT molecular complexity index is 1010. The first-order chi connectivity index (χ1) is 14.1. The van der Waals surface area contributed by atoms with Crippen molar-refractivity contribution >= 4 is 23.3 Å². The summed E-state index contributed by atoms with van der Waals surface area (Å²) < 4.78 is 7.49. The van der Waals surface area contributed by atoms with Gasteiger partial charge in [0.1, 0.15) is 5.75 Å². The number of rotatable bonds is 8. The molecule has 150 valence electrons. The Morgan fingerprint density at radius 3 is 2.59 bits per heavy atom. The highest BCUT2D eigenvalue weighted by molar-refractivity contribution is 6.31. The lowest BCUT2D eigenvalue weighted by atomic mass is 10.3. The molecule has 3 rings (SSSR count). The third kappa shape index (κ3) is 6.40. The second kappa shape index (κ2) is 10.3. The van der Waals surface area contributed by atoms with Gasteiger partial charge in [-0.25, -0.2) is 4.79 Å². The first-order valence-electron chi connectivity index (χ1n) is 9.34. The van der Waals surface area contributed by atoms with Gasteiger partial charge in [0.2, 0.25) is 5.56 Å². The molecule has 0 aliphatic carbocycles. The summed E-state index contributed by atoms with van der Waals surface area (Å²) in [4.78, 5) is 23.9. The van der Waals surface area contributed by atoms with Gasteiger partial charge in [0, 0.05) is 30.4 Å². The van der Waals surface area contributed by atoms with Crippen molar-refractivity contribution in [2.45, 2.75) is 19.4 Å². The van der Waals surface area contributed by atoms with Crippen molar-refractivity contribution in [3.63, 3.8) is 0 Å². The van der Waals surface area contributed by atoms with E-state index in [1.165, 1.54) is 6.07 Å². The molecule has 0 saturated heterocycles. The Morgan fingerprint density at radius 1 is 1.00 bits per heavy atom. The maximum absolute atomic E-state index is 12.2. The van der Waals surface area contributed by atoms with E-state index in [4.69, 9.17) is 16.3 Å². The highest BCUT2D eigenvalue weighted by Crippen LogP contribution is 2.31. The molecule has 3 aromatic rings. The lowest BCUT2D eigenvalue weighted by molar-refractivity contribution is 0.251. The number of amides is 2. The lowest BCUT2D eigenvalue weighted by Gasteiger charge is -2.13. The lowest BCUT2D eigenvalue weighted by Crippen LogP contribution is -2.30. The minimum Gasteiger partial charge on any atom is -0.455 e. The molecule has 0 saturated carbocycles. The van der Waals surface area contributed by atoms with Gasteiger partial charge < -0.3 is 19.9 Å². The van der Waals surface area contributed by atoms with Crippen LogP contribution in [0.3, 0.4) is 0 Å². The molecule has 6 nitrogen and oxygen atoms in total. The van der Waals surface area contributed by atoms with E-state index in [9.17, 15) is 9.59 Å². The normalized spacial score (nSPS) is 10.4. The summed E-state index contributed by atoms with van der Waals surface area (Å²) in [6.45, 7) is 1.11. The Balaban J connectivity index is 1.49. The fourth-order valence-corrected chi connectivity index (χ4v) is 2.90. The summed E-state index contributed by atoms with van der Waals surface area (Å²) in [7, 11) is 0. The molecule has 2 amide bonds. The number of urea groups is 1. The van der Waals surface area contributed by atoms with Crippen molar-refractivity contribution < 1.29 is 9.53 Å². The molecule has 0 fully saturated rings. The number of para-hydroxylation sites is 1. The van der Waals surface area contributed by atoms with E-state index < -0.39 is 0 Å². The van der Waals surface area contributed by atoms with Gasteiger partial charge in [0.25, 0.3) is 0 Å². The van der Waals surface area contributed by atoms with Crippen LogP contribution in [0.5, 0.6) is 11.5 Å². The number of unbranched alkanes of at least 4 members (excludes halogenated alkanes) is 1. The standard InChI is InChI=1S/C22H22ClN3O3/c23-17-11-12-20(29-18-8-2-1-3-9-18)19(16-17)25-22(28)24-13-5-7-15-26-14-6-4-10-21(26)27/h1-4,6,8-12,14,16H,5,7,13,15H2,(H2,24,25,28). The number of hydrogen-bond acceptors (Lipinski definition) is 3. The molecule has 0 aliphatic heterocycles. The summed E-state index contributed by atoms with van der Waals surface area (Å²) in [6, 6.07) is 19.1. The largest absolute Gasteiger partial charge is 0.455 e. The van der Waals surface area contributed by atoms with Crippen molar-refractivity contribution in [3.8, 4) is 11.5 Å². The van der Waals surface area contributed by atoms with E-state index in [0.29, 0.717) is 35.3 Å². The minimum absolute atomic E-state index is 0.0231. The third-order valence-electron chi connectivity index (χ3n) is 4.17. The molecule has 2 aromatic carbocycles. The predicted octanol–water partition coefficient (Wildman–Crippen LogP) is 4.90. The molecular formula is C22H22ClN3O3. The number of carbonyl (C=O) groups excluding carboxylic acids is 1. The highest BCUT2D eigenvalue weighted by Gasteiger charge is 2.09. The van der Waals surface area contributed by atoms with Crippen LogP contribution in [-0.4, -0.2) is 17.1 Å². The Labute approximate surface area is 174 Å². The molecule has 1 aromatic heterocycles. The van der Waals surface area contributed by atoms with Crippen molar-refractivity contribution in [1.29, 1.82) is 0 Å². The number of carbonyl (C=O) groups is 1. The summed E-state index contributed by atoms with van der Waals surface area (Å²) in [5.74, 6) is 1.16. The molecule has 0 unspecified atom stereocenters. The van der Waals surface area contributed by atoms with Gasteiger partial charge in [0.05, 0.1) is 5.69 Å². The topological polar surface area (TPSA) is 72.4 Å². The molecule has 7 heteroatoms. The van der Waals surface area contributed by atoms with Crippen LogP contribution in [0.15, 0.2) is 77.7 Å². The number of pyridine rings is 1. The molecule has 0 bridgehead atoms. The van der Waals surface area contributed by atoms with Crippen LogP contribution in [0.2, 0.25) is 5.02 Å². The quantitative estimate of drug-likeness (QED) is 0.518. The van der Waals surface area contributed by atoms with Crippen molar-refractivity contribution in [1.82, 2.24) is 9.88 Å². The Hall–Kier alpha value is -3.25. The van der Waals surface area contributed by atoms with E-state index in [1.54, 1.807) is 35.0 Å². The molecule has 0 aliphatic rings. The second-order valence-electron chi connectivity index (χ2n) is 6.38. The van der Waals surface area contributed by atoms with E-state index >= 15 is 0 Å². The third-order valence-corrected chi connectivity index (χ3v) is 4.41. The Morgan fingerprint density at radius 2 is 1.79 bits per heavy atom. The first kappa shape index (κ1) is 20.5. The summed E-state index contributed by atoms with van der Waals surface area (Å²) in [5, 5.41) is 6.08. The van der Waals surface area contributed by atoms with Crippen LogP contribution >= 0.6 is 11.6 Å². The molecular weight excluding hydrogens is 390 g/mol. The smallest absolute Gasteiger partial charge is 0.319 e. The summed E-state index contributed by atoms with van der Waals surface area (Å²) in [5.41, 5.74) is 0.458. The summed E-state index contributed by atoms with van der Waals surface area (Å²) >= 11 is 6.06. The van der Waals surface area contributed by atoms with Crippen molar-refractivity contribution in [2.75, 3.05) is 11.9 Å². The molecule has 0 spiro atoms. The maximum atomic E-state index is 12.2. The zero-order valence-electron chi connectivity index (χ0n) is 15.8. The van der Waals surface area contributed by atoms with E-state index in [-0.39, 0.29) is 11.6 Å². The summed E-state index contributed by atoms with van der Waals surface area (Å²) in [6.07, 6.45) is 3.29. The number of hydrogen-bond donors (Lipinski definition) is 2. The number of anilines is 1. The second-order valence-corrected chi connectivity index (χ2v) is 6.81. The Kier molecular flexibility index (Phi) is 7.30. The predicted molar refractivity (Wildman–Crippen MR) is 115 cm³/mol. The molecule has 1 heterocycles. The van der Waals surface area contributed by atoms with Gasteiger partial charge in [0.15, 0.2) is 5.75 Å². The molecule has 0 radical (unpaired) electrons. The SMILES string of the molecule is O=C(NCCCCn1ccccc1=O)Nc1cc(Cl)ccc1Oc1ccccc1. The zero-order chi connectivity index (χ0) is 20.5. The van der Waals surface area contributed by atoms with Gasteiger partial charge in [-0.3, -0.25) is 4.79 Å². The number of halogens is 1. The van der Waals surface area contributed by atoms with E-state index in [0.717, 1.165) is 12.8 Å². The van der Waals surface area contributed by atoms with Gasteiger partial charge in [-0.05, 0) is 49.2 Å². The average molecular weight is 412 g/mol. The van der Waals surface area contributed by atoms with Crippen molar-refractivity contribution in [3.05, 3.63) is 88.3 Å². The van der Waals surface area contributed by atoms with E-state index in [1.807, 2.05) is 36.4 Å². The average Bonchev–Trinajstić information content (AvgIpc) is 2.72. The highest BCUT2D eigenvalue weighted by atomic mass is 35.5. The van der Waals surface area contributed by atoms with Crippen LogP contribution in [0.1, 0.15) is 12.8 Å². The maximum Gasteiger partial charge on any atom is 0.319 e. The van der Waals surface area contributed by atoms with Crippen LogP contribution in [0, 0.1) is 0 Å². The van der Waals surface area contributed by atoms with Crippen LogP contribution in [-0.2, 0) is 6.54 Å². The minimum atomic E-state index is -0.345. The van der Waals surface area contributed by atoms with Crippen LogP contribution in [0.25, 0.3) is 0 Å². The number of benzene rings is 2. The van der Waals surface area contributed by atoms with E-state index in [2.05, 4.69) is 10.6 Å². The number of aryl methyl sites for hydroxylation is 1. The molecule has 0 atom stereocenters. The monoisotopic (exact) mass is 411 g/mol. The van der Waals surface area contributed by atoms with Gasteiger partial charge in [-0.15, -0.1) is 0 Å². The number of aromatic nitrogens is 1. The number of nitrogens with zero attached hydrogens (tertiary/aromatic N) is 1. The fraction of sp³-hybridized carbons (Fsp3) is 0.182. The zero-order valence-corrected chi connectivity index (χ0v) is 16.6. The van der Waals surface area contributed by atoms with Gasteiger partial charge in [-0.2, -0.15) is 0 Å². The number of ether oxygens (including phenoxy) is 1. The van der Waals surface area contributed by atoms with Gasteiger partial charge in [-0.1, -0.05) is 35.9 Å². The first-order valence-corrected chi connectivity index (χ1v) is 9.72. The van der Waals surface area contributed by atoms with Crippen LogP contribution in [0.4, 0.5) is 10.5 Å². The van der Waals surface area contributed by atoms with Crippen LogP contribution < -0.4 is 20.9 Å². The molecule has 29 heavy (non-hydrogen) atoms. The van der Waals surface area contributed by atoms with Crippen molar-refractivity contribution in [2.24, 2.45) is 0 Å². The van der Waals surface area contributed by atoms with Gasteiger partial charge >= 0.3 is 6.03 Å².